The topological polar surface area (TPSA) is 70.2 Å². The summed E-state index contributed by atoms with van der Waals surface area (Å²) in [6.07, 6.45) is 2.03. The first kappa shape index (κ1) is 17.3. The molecule has 0 atom stereocenters. The van der Waals surface area contributed by atoms with Gasteiger partial charge in [-0.25, -0.2) is 0 Å². The Morgan fingerprint density at radius 3 is 2.64 bits per heavy atom. The van der Waals surface area contributed by atoms with Crippen LogP contribution >= 0.6 is 11.6 Å². The summed E-state index contributed by atoms with van der Waals surface area (Å²) in [6.45, 7) is 2.00. The molecule has 3 rings (SSSR count). The van der Waals surface area contributed by atoms with Crippen LogP contribution < -0.4 is 16.0 Å². The van der Waals surface area contributed by atoms with Crippen LogP contribution in [0.4, 0.5) is 11.4 Å². The van der Waals surface area contributed by atoms with Crippen LogP contribution in [0, 0.1) is 6.92 Å². The van der Waals surface area contributed by atoms with E-state index in [1.807, 2.05) is 19.1 Å². The highest BCUT2D eigenvalue weighted by molar-refractivity contribution is 6.31. The fraction of sp³-hybridized carbons (Fsp3) is 0.263. The second-order valence-corrected chi connectivity index (χ2v) is 6.57. The third-order valence-corrected chi connectivity index (χ3v) is 4.39. The summed E-state index contributed by atoms with van der Waals surface area (Å²) in [4.78, 5) is 24.5. The third-order valence-electron chi connectivity index (χ3n) is 3.98. The van der Waals surface area contributed by atoms with Crippen LogP contribution in [0.15, 0.2) is 42.5 Å². The Morgan fingerprint density at radius 2 is 1.92 bits per heavy atom. The number of halogens is 1. The number of para-hydroxylation sites is 1. The molecule has 1 aliphatic carbocycles. The number of carbonyl (C=O) groups excluding carboxylic acids is 2. The highest BCUT2D eigenvalue weighted by Gasteiger charge is 2.24. The number of hydrogen-bond acceptors (Lipinski definition) is 3. The van der Waals surface area contributed by atoms with Crippen molar-refractivity contribution in [2.45, 2.75) is 25.8 Å². The zero-order valence-electron chi connectivity index (χ0n) is 13.9. The van der Waals surface area contributed by atoms with Crippen LogP contribution in [0.5, 0.6) is 0 Å². The first-order valence-electron chi connectivity index (χ1n) is 8.22. The Kier molecular flexibility index (Phi) is 5.24. The van der Waals surface area contributed by atoms with Crippen LogP contribution in [0.25, 0.3) is 0 Å². The lowest BCUT2D eigenvalue weighted by Crippen LogP contribution is -2.28. The van der Waals surface area contributed by atoms with Gasteiger partial charge in [-0.1, -0.05) is 29.8 Å². The molecule has 0 radical (unpaired) electrons. The van der Waals surface area contributed by atoms with Crippen LogP contribution in [0.3, 0.4) is 0 Å². The number of anilines is 2. The number of amides is 2. The molecule has 25 heavy (non-hydrogen) atoms. The van der Waals surface area contributed by atoms with Gasteiger partial charge >= 0.3 is 0 Å². The normalized spacial score (nSPS) is 13.2. The van der Waals surface area contributed by atoms with Crippen LogP contribution in [0.2, 0.25) is 5.02 Å². The van der Waals surface area contributed by atoms with Crippen molar-refractivity contribution in [1.29, 1.82) is 0 Å². The van der Waals surface area contributed by atoms with Gasteiger partial charge in [0.15, 0.2) is 0 Å². The van der Waals surface area contributed by atoms with Crippen molar-refractivity contribution in [2.24, 2.45) is 0 Å². The molecule has 1 aliphatic rings. The molecule has 130 valence electrons. The fourth-order valence-electron chi connectivity index (χ4n) is 2.36. The number of hydrogen-bond donors (Lipinski definition) is 3. The van der Waals surface area contributed by atoms with E-state index in [1.54, 1.807) is 30.3 Å². The van der Waals surface area contributed by atoms with E-state index in [0.717, 1.165) is 24.1 Å². The first-order chi connectivity index (χ1) is 12.0. The Bertz CT molecular complexity index is 803. The second kappa shape index (κ2) is 7.57. The average Bonchev–Trinajstić information content (AvgIpc) is 3.40. The van der Waals surface area contributed by atoms with E-state index >= 15 is 0 Å². The quantitative estimate of drug-likeness (QED) is 0.740. The molecule has 2 aromatic carbocycles. The monoisotopic (exact) mass is 357 g/mol. The maximum Gasteiger partial charge on any atom is 0.253 e. The number of nitrogens with one attached hydrogen (secondary N) is 3. The van der Waals surface area contributed by atoms with E-state index in [-0.39, 0.29) is 24.4 Å². The molecule has 1 fully saturated rings. The van der Waals surface area contributed by atoms with Gasteiger partial charge < -0.3 is 16.0 Å². The second-order valence-electron chi connectivity index (χ2n) is 6.16. The maximum atomic E-state index is 12.3. The molecule has 2 aromatic rings. The van der Waals surface area contributed by atoms with Gasteiger partial charge in [-0.2, -0.15) is 0 Å². The number of aryl methyl sites for hydroxylation is 1. The molecule has 0 bridgehead atoms. The van der Waals surface area contributed by atoms with Gasteiger partial charge in [-0.15, -0.1) is 0 Å². The molecule has 0 unspecified atom stereocenters. The summed E-state index contributed by atoms with van der Waals surface area (Å²) in [7, 11) is 0. The van der Waals surface area contributed by atoms with Crippen molar-refractivity contribution < 1.29 is 9.59 Å². The number of carbonyl (C=O) groups is 2. The maximum absolute atomic E-state index is 12.3. The van der Waals surface area contributed by atoms with Gasteiger partial charge in [0.1, 0.15) is 0 Å². The summed E-state index contributed by atoms with van der Waals surface area (Å²) in [5.74, 6) is -0.389. The molecule has 1 saturated carbocycles. The predicted octanol–water partition coefficient (Wildman–Crippen LogP) is 3.59. The third kappa shape index (κ3) is 4.73. The van der Waals surface area contributed by atoms with E-state index in [9.17, 15) is 9.59 Å². The van der Waals surface area contributed by atoms with Gasteiger partial charge in [0.05, 0.1) is 17.8 Å². The zero-order valence-corrected chi connectivity index (χ0v) is 14.7. The molecule has 5 nitrogen and oxygen atoms in total. The highest BCUT2D eigenvalue weighted by atomic mass is 35.5. The number of rotatable bonds is 6. The zero-order chi connectivity index (χ0) is 17.8. The number of benzene rings is 2. The van der Waals surface area contributed by atoms with Crippen molar-refractivity contribution in [3.05, 3.63) is 58.6 Å². The predicted molar refractivity (Wildman–Crippen MR) is 100 cm³/mol. The molecule has 0 saturated heterocycles. The Hall–Kier alpha value is -2.53. The highest BCUT2D eigenvalue weighted by Crippen LogP contribution is 2.22. The Balaban J connectivity index is 1.60. The largest absolute Gasteiger partial charge is 0.376 e. The Morgan fingerprint density at radius 1 is 1.16 bits per heavy atom. The van der Waals surface area contributed by atoms with E-state index < -0.39 is 0 Å². The lowest BCUT2D eigenvalue weighted by Gasteiger charge is -2.12. The van der Waals surface area contributed by atoms with Crippen LogP contribution in [-0.2, 0) is 4.79 Å². The van der Waals surface area contributed by atoms with Crippen LogP contribution in [0.1, 0.15) is 28.8 Å². The van der Waals surface area contributed by atoms with Crippen molar-refractivity contribution in [3.8, 4) is 0 Å². The molecule has 0 spiro atoms. The van der Waals surface area contributed by atoms with Gasteiger partial charge in [0.2, 0.25) is 5.91 Å². The van der Waals surface area contributed by atoms with Crippen LogP contribution in [-0.4, -0.2) is 24.4 Å². The van der Waals surface area contributed by atoms with Crippen molar-refractivity contribution in [3.63, 3.8) is 0 Å². The molecule has 0 aliphatic heterocycles. The lowest BCUT2D eigenvalue weighted by molar-refractivity contribution is -0.114. The summed E-state index contributed by atoms with van der Waals surface area (Å²) in [6, 6.07) is 12.8. The molecule has 3 N–H and O–H groups in total. The lowest BCUT2D eigenvalue weighted by atomic mass is 10.1. The van der Waals surface area contributed by atoms with Gasteiger partial charge in [0, 0.05) is 16.8 Å². The molecule has 6 heteroatoms. The summed E-state index contributed by atoms with van der Waals surface area (Å²) in [5, 5.41) is 9.39. The minimum atomic E-state index is -0.233. The molecular weight excluding hydrogens is 338 g/mol. The van der Waals surface area contributed by atoms with Gasteiger partial charge in [0.25, 0.3) is 5.91 Å². The average molecular weight is 358 g/mol. The molecule has 0 heterocycles. The summed E-state index contributed by atoms with van der Waals surface area (Å²) in [5.41, 5.74) is 2.73. The minimum Gasteiger partial charge on any atom is -0.376 e. The van der Waals surface area contributed by atoms with Gasteiger partial charge in [-0.3, -0.25) is 9.59 Å². The molecule has 0 aromatic heterocycles. The SMILES string of the molecule is Cc1ccc(NCC(=O)Nc2ccccc2C(=O)NC2CC2)cc1Cl. The van der Waals surface area contributed by atoms with E-state index in [1.165, 1.54) is 0 Å². The van der Waals surface area contributed by atoms with Crippen molar-refractivity contribution >= 4 is 34.8 Å². The first-order valence-corrected chi connectivity index (χ1v) is 8.60. The standard InChI is InChI=1S/C19H20ClN3O2/c1-12-6-7-14(10-16(12)20)21-11-18(24)23-17-5-3-2-4-15(17)19(25)22-13-8-9-13/h2-7,10,13,21H,8-9,11H2,1H3,(H,22,25)(H,23,24). The van der Waals surface area contributed by atoms with E-state index in [2.05, 4.69) is 16.0 Å². The fourth-order valence-corrected chi connectivity index (χ4v) is 2.54. The van der Waals surface area contributed by atoms with E-state index in [0.29, 0.717) is 16.3 Å². The molecule has 2 amide bonds. The smallest absolute Gasteiger partial charge is 0.253 e. The Labute approximate surface area is 151 Å². The van der Waals surface area contributed by atoms with E-state index in [4.69, 9.17) is 11.6 Å². The molecular formula is C19H20ClN3O2. The summed E-state index contributed by atoms with van der Waals surface area (Å²) < 4.78 is 0. The van der Waals surface area contributed by atoms with Crippen molar-refractivity contribution in [1.82, 2.24) is 5.32 Å². The summed E-state index contributed by atoms with van der Waals surface area (Å²) >= 11 is 6.08. The minimum absolute atomic E-state index is 0.0813. The van der Waals surface area contributed by atoms with Crippen molar-refractivity contribution in [2.75, 3.05) is 17.2 Å². The van der Waals surface area contributed by atoms with Gasteiger partial charge in [-0.05, 0) is 49.6 Å².